The summed E-state index contributed by atoms with van der Waals surface area (Å²) in [6.07, 6.45) is 0. The minimum absolute atomic E-state index is 0.0325. The minimum Gasteiger partial charge on any atom is -0.507 e. The van der Waals surface area contributed by atoms with Crippen molar-refractivity contribution < 1.29 is 19.4 Å². The molecule has 1 unspecified atom stereocenters. The number of Topliss-reactive ketones (excluding diaryl/α,β-unsaturated/α-hetero) is 1. The molecule has 1 atom stereocenters. The van der Waals surface area contributed by atoms with Gasteiger partial charge < -0.3 is 9.84 Å². The number of hydrogen-bond donors (Lipinski definition) is 1. The van der Waals surface area contributed by atoms with Crippen LogP contribution in [0.5, 0.6) is 5.75 Å². The first-order valence-electron chi connectivity index (χ1n) is 9.46. The minimum atomic E-state index is -0.769. The molecule has 1 aliphatic heterocycles. The van der Waals surface area contributed by atoms with Crippen molar-refractivity contribution in [3.63, 3.8) is 0 Å². The average Bonchev–Trinajstić information content (AvgIpc) is 3.40. The summed E-state index contributed by atoms with van der Waals surface area (Å²) in [6.45, 7) is 1.80. The topological polar surface area (TPSA) is 90.6 Å². The Balaban J connectivity index is 1.91. The Kier molecular flexibility index (Phi) is 5.32. The summed E-state index contributed by atoms with van der Waals surface area (Å²) in [5.74, 6) is -1.08. The Morgan fingerprint density at radius 3 is 2.48 bits per heavy atom. The van der Waals surface area contributed by atoms with E-state index in [0.29, 0.717) is 28.1 Å². The standard InChI is InChI=1S/C24H18N2O4S/c1-14-12-17(30-2)9-10-18(14)22(27)20-21(19-4-3-11-31-19)26(24(29)23(20)28)16-7-5-15(13-25)6-8-16/h3-12,21,27H,1-2H3/b22-20-. The lowest BCUT2D eigenvalue weighted by Gasteiger charge is -2.24. The SMILES string of the molecule is COc1ccc(/C(O)=C2/C(=O)C(=O)N(c3ccc(C#N)cc3)C2c2cccs2)c(C)c1. The average molecular weight is 430 g/mol. The molecule has 6 nitrogen and oxygen atoms in total. The van der Waals surface area contributed by atoms with Crippen LogP contribution in [-0.4, -0.2) is 23.9 Å². The maximum Gasteiger partial charge on any atom is 0.300 e. The van der Waals surface area contributed by atoms with Crippen molar-refractivity contribution in [1.82, 2.24) is 0 Å². The third kappa shape index (κ3) is 3.47. The summed E-state index contributed by atoms with van der Waals surface area (Å²) in [5, 5.41) is 22.1. The van der Waals surface area contributed by atoms with Crippen LogP contribution in [-0.2, 0) is 9.59 Å². The lowest BCUT2D eigenvalue weighted by Crippen LogP contribution is -2.29. The van der Waals surface area contributed by atoms with Crippen LogP contribution >= 0.6 is 11.3 Å². The first-order valence-corrected chi connectivity index (χ1v) is 10.3. The number of hydrogen-bond acceptors (Lipinski definition) is 6. The van der Waals surface area contributed by atoms with Gasteiger partial charge in [0.1, 0.15) is 17.6 Å². The first-order chi connectivity index (χ1) is 15.0. The third-order valence-corrected chi connectivity index (χ3v) is 6.15. The van der Waals surface area contributed by atoms with E-state index >= 15 is 0 Å². The summed E-state index contributed by atoms with van der Waals surface area (Å²) < 4.78 is 5.22. The van der Waals surface area contributed by atoms with E-state index in [1.165, 1.54) is 16.2 Å². The maximum absolute atomic E-state index is 13.1. The largest absolute Gasteiger partial charge is 0.507 e. The normalized spacial score (nSPS) is 17.6. The first kappa shape index (κ1) is 20.4. The summed E-state index contributed by atoms with van der Waals surface area (Å²) in [6, 6.07) is 16.5. The molecule has 1 fully saturated rings. The number of aliphatic hydroxyl groups excluding tert-OH is 1. The Bertz CT molecular complexity index is 1240. The van der Waals surface area contributed by atoms with Crippen molar-refractivity contribution in [2.45, 2.75) is 13.0 Å². The van der Waals surface area contributed by atoms with Crippen molar-refractivity contribution in [3.8, 4) is 11.8 Å². The number of nitrogens with zero attached hydrogens (tertiary/aromatic N) is 2. The van der Waals surface area contributed by atoms with Crippen molar-refractivity contribution >= 4 is 34.5 Å². The van der Waals surface area contributed by atoms with Gasteiger partial charge in [-0.2, -0.15) is 5.26 Å². The highest BCUT2D eigenvalue weighted by Crippen LogP contribution is 2.44. The van der Waals surface area contributed by atoms with Gasteiger partial charge in [-0.15, -0.1) is 11.3 Å². The van der Waals surface area contributed by atoms with E-state index in [4.69, 9.17) is 10.00 Å². The number of ether oxygens (including phenoxy) is 1. The van der Waals surface area contributed by atoms with Crippen LogP contribution < -0.4 is 9.64 Å². The molecule has 0 radical (unpaired) electrons. The molecular weight excluding hydrogens is 412 g/mol. The number of carbonyl (C=O) groups is 2. The van der Waals surface area contributed by atoms with Crippen molar-refractivity contribution in [2.24, 2.45) is 0 Å². The lowest BCUT2D eigenvalue weighted by atomic mass is 9.97. The molecule has 1 aliphatic rings. The van der Waals surface area contributed by atoms with Crippen LogP contribution in [0, 0.1) is 18.3 Å². The second-order valence-corrected chi connectivity index (χ2v) is 8.00. The van der Waals surface area contributed by atoms with Gasteiger partial charge in [-0.3, -0.25) is 14.5 Å². The molecule has 0 bridgehead atoms. The van der Waals surface area contributed by atoms with E-state index in [1.54, 1.807) is 56.5 Å². The van der Waals surface area contributed by atoms with E-state index in [9.17, 15) is 14.7 Å². The number of aryl methyl sites for hydroxylation is 1. The molecule has 7 heteroatoms. The molecule has 2 heterocycles. The van der Waals surface area contributed by atoms with E-state index in [-0.39, 0.29) is 11.3 Å². The Labute approximate surface area is 183 Å². The van der Waals surface area contributed by atoms with Crippen molar-refractivity contribution in [1.29, 1.82) is 5.26 Å². The number of ketones is 1. The molecule has 2 aromatic carbocycles. The van der Waals surface area contributed by atoms with Gasteiger partial charge in [-0.1, -0.05) is 6.07 Å². The monoisotopic (exact) mass is 430 g/mol. The molecule has 1 aromatic heterocycles. The van der Waals surface area contributed by atoms with Crippen LogP contribution in [0.4, 0.5) is 5.69 Å². The highest BCUT2D eigenvalue weighted by atomic mass is 32.1. The molecule has 154 valence electrons. The number of aliphatic hydroxyl groups is 1. The van der Waals surface area contributed by atoms with Gasteiger partial charge in [0.15, 0.2) is 0 Å². The Hall–Kier alpha value is -3.89. The molecule has 1 saturated heterocycles. The molecule has 1 N–H and O–H groups in total. The van der Waals surface area contributed by atoms with Gasteiger partial charge in [0.25, 0.3) is 11.7 Å². The highest BCUT2D eigenvalue weighted by Gasteiger charge is 2.47. The molecular formula is C24H18N2O4S. The number of nitriles is 1. The van der Waals surface area contributed by atoms with Crippen LogP contribution in [0.15, 0.2) is 65.6 Å². The highest BCUT2D eigenvalue weighted by molar-refractivity contribution is 7.10. The van der Waals surface area contributed by atoms with Crippen molar-refractivity contribution in [3.05, 3.63) is 87.1 Å². The molecule has 1 amide bonds. The van der Waals surface area contributed by atoms with Crippen LogP contribution in [0.25, 0.3) is 5.76 Å². The summed E-state index contributed by atoms with van der Waals surface area (Å²) in [4.78, 5) is 28.3. The smallest absolute Gasteiger partial charge is 0.300 e. The van der Waals surface area contributed by atoms with E-state index in [0.717, 1.165) is 4.88 Å². The fraction of sp³-hybridized carbons (Fsp3) is 0.125. The number of rotatable bonds is 4. The van der Waals surface area contributed by atoms with Gasteiger partial charge >= 0.3 is 0 Å². The fourth-order valence-electron chi connectivity index (χ4n) is 3.69. The Morgan fingerprint density at radius 1 is 1.16 bits per heavy atom. The van der Waals surface area contributed by atoms with Gasteiger partial charge in [0, 0.05) is 16.1 Å². The van der Waals surface area contributed by atoms with Gasteiger partial charge in [0.2, 0.25) is 0 Å². The van der Waals surface area contributed by atoms with Crippen LogP contribution in [0.1, 0.15) is 27.6 Å². The van der Waals surface area contributed by atoms with E-state index in [1.807, 2.05) is 23.6 Å². The summed E-state index contributed by atoms with van der Waals surface area (Å²) in [5.41, 5.74) is 2.13. The second-order valence-electron chi connectivity index (χ2n) is 7.02. The van der Waals surface area contributed by atoms with E-state index in [2.05, 4.69) is 0 Å². The predicted molar refractivity (Wildman–Crippen MR) is 118 cm³/mol. The predicted octanol–water partition coefficient (Wildman–Crippen LogP) is 4.56. The van der Waals surface area contributed by atoms with E-state index < -0.39 is 17.7 Å². The lowest BCUT2D eigenvalue weighted by molar-refractivity contribution is -0.132. The number of anilines is 1. The van der Waals surface area contributed by atoms with Gasteiger partial charge in [-0.05, 0) is 66.4 Å². The summed E-state index contributed by atoms with van der Waals surface area (Å²) in [7, 11) is 1.55. The quantitative estimate of drug-likeness (QED) is 0.372. The number of amides is 1. The zero-order chi connectivity index (χ0) is 22.1. The molecule has 0 saturated carbocycles. The molecule has 31 heavy (non-hydrogen) atoms. The summed E-state index contributed by atoms with van der Waals surface area (Å²) >= 11 is 1.39. The third-order valence-electron chi connectivity index (χ3n) is 5.22. The Morgan fingerprint density at radius 2 is 1.90 bits per heavy atom. The molecule has 0 aliphatic carbocycles. The number of methoxy groups -OCH3 is 1. The van der Waals surface area contributed by atoms with Crippen LogP contribution in [0.3, 0.4) is 0 Å². The number of carbonyl (C=O) groups excluding carboxylic acids is 2. The van der Waals surface area contributed by atoms with Gasteiger partial charge in [0.05, 0.1) is 24.3 Å². The molecule has 0 spiro atoms. The van der Waals surface area contributed by atoms with Gasteiger partial charge in [-0.25, -0.2) is 0 Å². The second kappa shape index (κ2) is 8.09. The molecule has 3 aromatic rings. The van der Waals surface area contributed by atoms with Crippen LogP contribution in [0.2, 0.25) is 0 Å². The zero-order valence-corrected chi connectivity index (χ0v) is 17.6. The zero-order valence-electron chi connectivity index (χ0n) is 16.8. The number of benzene rings is 2. The maximum atomic E-state index is 13.1. The molecule has 4 rings (SSSR count). The van der Waals surface area contributed by atoms with Crippen molar-refractivity contribution in [2.75, 3.05) is 12.0 Å². The number of thiophene rings is 1. The fourth-order valence-corrected chi connectivity index (χ4v) is 4.51.